The first kappa shape index (κ1) is 16.1. The van der Waals surface area contributed by atoms with Crippen molar-refractivity contribution in [2.24, 2.45) is 7.05 Å². The van der Waals surface area contributed by atoms with Crippen LogP contribution >= 0.6 is 0 Å². The van der Waals surface area contributed by atoms with Gasteiger partial charge in [0.2, 0.25) is 5.91 Å². The maximum Gasteiger partial charge on any atom is 0.291 e. The second kappa shape index (κ2) is 6.18. The summed E-state index contributed by atoms with van der Waals surface area (Å²) in [4.78, 5) is 25.4. The maximum atomic E-state index is 12.7. The molecule has 0 saturated carbocycles. The molecule has 0 saturated heterocycles. The van der Waals surface area contributed by atoms with Crippen molar-refractivity contribution in [2.45, 2.75) is 19.5 Å². The van der Waals surface area contributed by atoms with Crippen molar-refractivity contribution in [1.82, 2.24) is 19.7 Å². The molecule has 0 radical (unpaired) electrons. The Morgan fingerprint density at radius 2 is 2.04 bits per heavy atom. The molecule has 0 aliphatic rings. The number of furan rings is 1. The molecule has 0 bridgehead atoms. The first-order chi connectivity index (χ1) is 12.6. The number of aromatic nitrogens is 3. The molecule has 7 heteroatoms. The standard InChI is InChI=1S/C19H18N4O3/c1-12(18(24)20-10-13-6-5-9-26-13)23-16-8-4-3-7-14(16)15-11-21-22(2)19(25)17(15)23/h3-9,11-12H,10H2,1-2H3,(H,20,24)/t12-/m0/s1. The zero-order chi connectivity index (χ0) is 18.3. The van der Waals surface area contributed by atoms with Gasteiger partial charge in [-0.2, -0.15) is 5.10 Å². The summed E-state index contributed by atoms with van der Waals surface area (Å²) < 4.78 is 8.31. The van der Waals surface area contributed by atoms with Crippen molar-refractivity contribution in [3.8, 4) is 0 Å². The summed E-state index contributed by atoms with van der Waals surface area (Å²) in [6.45, 7) is 2.08. The van der Waals surface area contributed by atoms with E-state index in [9.17, 15) is 9.59 Å². The summed E-state index contributed by atoms with van der Waals surface area (Å²) in [7, 11) is 1.60. The molecule has 1 aromatic carbocycles. The average Bonchev–Trinajstić information content (AvgIpc) is 3.28. The van der Waals surface area contributed by atoms with Gasteiger partial charge in [-0.15, -0.1) is 0 Å². The molecule has 4 aromatic rings. The third-order valence-corrected chi connectivity index (χ3v) is 4.59. The number of carbonyl (C=O) groups excluding carboxylic acids is 1. The topological polar surface area (TPSA) is 82.1 Å². The lowest BCUT2D eigenvalue weighted by molar-refractivity contribution is -0.123. The van der Waals surface area contributed by atoms with Crippen LogP contribution in [0, 0.1) is 0 Å². The van der Waals surface area contributed by atoms with Crippen LogP contribution in [0.2, 0.25) is 0 Å². The van der Waals surface area contributed by atoms with E-state index in [1.165, 1.54) is 4.68 Å². The fraction of sp³-hybridized carbons (Fsp3) is 0.211. The lowest BCUT2D eigenvalue weighted by atomic mass is 10.2. The monoisotopic (exact) mass is 350 g/mol. The third kappa shape index (κ3) is 2.48. The molecule has 3 heterocycles. The van der Waals surface area contributed by atoms with E-state index in [2.05, 4.69) is 10.4 Å². The molecule has 26 heavy (non-hydrogen) atoms. The van der Waals surface area contributed by atoms with Crippen LogP contribution in [0.4, 0.5) is 0 Å². The zero-order valence-electron chi connectivity index (χ0n) is 14.5. The van der Waals surface area contributed by atoms with Gasteiger partial charge in [0.1, 0.15) is 17.3 Å². The van der Waals surface area contributed by atoms with Crippen LogP contribution in [0.1, 0.15) is 18.7 Å². The van der Waals surface area contributed by atoms with Crippen LogP contribution in [0.5, 0.6) is 0 Å². The molecule has 1 atom stereocenters. The van der Waals surface area contributed by atoms with Crippen molar-refractivity contribution in [3.63, 3.8) is 0 Å². The molecule has 1 N–H and O–H groups in total. The quantitative estimate of drug-likeness (QED) is 0.612. The normalized spacial score (nSPS) is 12.5. The van der Waals surface area contributed by atoms with Gasteiger partial charge < -0.3 is 14.3 Å². The highest BCUT2D eigenvalue weighted by molar-refractivity contribution is 6.08. The Kier molecular flexibility index (Phi) is 3.84. The average molecular weight is 350 g/mol. The number of fused-ring (bicyclic) bond motifs is 3. The van der Waals surface area contributed by atoms with Gasteiger partial charge in [0, 0.05) is 17.8 Å². The van der Waals surface area contributed by atoms with Gasteiger partial charge in [-0.3, -0.25) is 9.59 Å². The number of rotatable bonds is 4. The second-order valence-electron chi connectivity index (χ2n) is 6.20. The van der Waals surface area contributed by atoms with Gasteiger partial charge in [-0.25, -0.2) is 4.68 Å². The van der Waals surface area contributed by atoms with Crippen LogP contribution in [-0.2, 0) is 18.4 Å². The van der Waals surface area contributed by atoms with E-state index < -0.39 is 6.04 Å². The number of aryl methyl sites for hydroxylation is 1. The highest BCUT2D eigenvalue weighted by Crippen LogP contribution is 2.29. The Bertz CT molecular complexity index is 1150. The molecule has 0 aliphatic heterocycles. The molecule has 7 nitrogen and oxygen atoms in total. The molecule has 0 aliphatic carbocycles. The van der Waals surface area contributed by atoms with E-state index in [1.54, 1.807) is 43.1 Å². The van der Waals surface area contributed by atoms with Crippen molar-refractivity contribution in [1.29, 1.82) is 0 Å². The van der Waals surface area contributed by atoms with Crippen molar-refractivity contribution in [3.05, 3.63) is 65.0 Å². The predicted molar refractivity (Wildman–Crippen MR) is 97.7 cm³/mol. The smallest absolute Gasteiger partial charge is 0.291 e. The van der Waals surface area contributed by atoms with E-state index in [0.717, 1.165) is 16.3 Å². The van der Waals surface area contributed by atoms with Gasteiger partial charge in [-0.05, 0) is 25.1 Å². The summed E-state index contributed by atoms with van der Waals surface area (Å²) in [6.07, 6.45) is 3.23. The molecular weight excluding hydrogens is 332 g/mol. The Balaban J connectivity index is 1.82. The molecule has 0 fully saturated rings. The fourth-order valence-electron chi connectivity index (χ4n) is 3.24. The van der Waals surface area contributed by atoms with Crippen LogP contribution in [0.25, 0.3) is 21.8 Å². The fourth-order valence-corrected chi connectivity index (χ4v) is 3.24. The number of carbonyl (C=O) groups is 1. The first-order valence-electron chi connectivity index (χ1n) is 8.33. The number of nitrogens with zero attached hydrogens (tertiary/aromatic N) is 3. The lowest BCUT2D eigenvalue weighted by Crippen LogP contribution is -2.32. The molecule has 3 aromatic heterocycles. The van der Waals surface area contributed by atoms with Gasteiger partial charge in [0.15, 0.2) is 0 Å². The van der Waals surface area contributed by atoms with Gasteiger partial charge in [-0.1, -0.05) is 18.2 Å². The highest BCUT2D eigenvalue weighted by Gasteiger charge is 2.23. The SMILES string of the molecule is C[C@@H](C(=O)NCc1ccco1)n1c2ccccc2c2cnn(C)c(=O)c21. The van der Waals surface area contributed by atoms with Crippen molar-refractivity contribution >= 4 is 27.7 Å². The predicted octanol–water partition coefficient (Wildman–Crippen LogP) is 2.36. The van der Waals surface area contributed by atoms with Crippen LogP contribution < -0.4 is 10.9 Å². The van der Waals surface area contributed by atoms with Gasteiger partial charge in [0.05, 0.1) is 24.5 Å². The third-order valence-electron chi connectivity index (χ3n) is 4.59. The molecule has 1 amide bonds. The number of benzene rings is 1. The van der Waals surface area contributed by atoms with E-state index >= 15 is 0 Å². The van der Waals surface area contributed by atoms with Gasteiger partial charge in [0.25, 0.3) is 5.56 Å². The number of nitrogens with one attached hydrogen (secondary N) is 1. The van der Waals surface area contributed by atoms with Crippen LogP contribution in [-0.4, -0.2) is 20.3 Å². The van der Waals surface area contributed by atoms with E-state index in [1.807, 2.05) is 24.3 Å². The van der Waals surface area contributed by atoms with E-state index in [4.69, 9.17) is 4.42 Å². The van der Waals surface area contributed by atoms with Crippen molar-refractivity contribution < 1.29 is 9.21 Å². The number of amides is 1. The highest BCUT2D eigenvalue weighted by atomic mass is 16.3. The first-order valence-corrected chi connectivity index (χ1v) is 8.33. The Hall–Kier alpha value is -3.35. The molecule has 132 valence electrons. The molecular formula is C19H18N4O3. The molecule has 0 unspecified atom stereocenters. The Labute approximate surface area is 148 Å². The summed E-state index contributed by atoms with van der Waals surface area (Å²) >= 11 is 0. The summed E-state index contributed by atoms with van der Waals surface area (Å²) in [5.41, 5.74) is 1.07. The Morgan fingerprint density at radius 1 is 1.23 bits per heavy atom. The minimum atomic E-state index is -0.567. The molecule has 0 spiro atoms. The summed E-state index contributed by atoms with van der Waals surface area (Å²) in [5.74, 6) is 0.482. The molecule has 4 rings (SSSR count). The minimum Gasteiger partial charge on any atom is -0.467 e. The maximum absolute atomic E-state index is 12.7. The largest absolute Gasteiger partial charge is 0.467 e. The Morgan fingerprint density at radius 3 is 2.81 bits per heavy atom. The summed E-state index contributed by atoms with van der Waals surface area (Å²) in [6, 6.07) is 10.6. The number of para-hydroxylation sites is 1. The van der Waals surface area contributed by atoms with E-state index in [-0.39, 0.29) is 11.5 Å². The summed E-state index contributed by atoms with van der Waals surface area (Å²) in [5, 5.41) is 8.63. The lowest BCUT2D eigenvalue weighted by Gasteiger charge is -2.16. The zero-order valence-corrected chi connectivity index (χ0v) is 14.5. The van der Waals surface area contributed by atoms with Crippen molar-refractivity contribution in [2.75, 3.05) is 0 Å². The van der Waals surface area contributed by atoms with E-state index in [0.29, 0.717) is 17.8 Å². The minimum absolute atomic E-state index is 0.192. The number of hydrogen-bond donors (Lipinski definition) is 1. The van der Waals surface area contributed by atoms with Gasteiger partial charge >= 0.3 is 0 Å². The van der Waals surface area contributed by atoms with Crippen LogP contribution in [0.15, 0.2) is 58.1 Å². The van der Waals surface area contributed by atoms with Crippen LogP contribution in [0.3, 0.4) is 0 Å². The second-order valence-corrected chi connectivity index (χ2v) is 6.20. The number of hydrogen-bond acceptors (Lipinski definition) is 4.